The minimum absolute atomic E-state index is 0. The van der Waals surface area contributed by atoms with Gasteiger partial charge < -0.3 is 28.6 Å². The van der Waals surface area contributed by atoms with Crippen molar-refractivity contribution in [3.63, 3.8) is 0 Å². The molecule has 3 heteroatoms. The van der Waals surface area contributed by atoms with Crippen LogP contribution in [0.25, 0.3) is 0 Å². The minimum atomic E-state index is 0. The second-order valence-electron chi connectivity index (χ2n) is 6.73. The Bertz CT molecular complexity index is 177. The van der Waals surface area contributed by atoms with Gasteiger partial charge in [-0.3, -0.25) is 0 Å². The van der Waals surface area contributed by atoms with Crippen molar-refractivity contribution in [1.29, 1.82) is 0 Å². The van der Waals surface area contributed by atoms with E-state index in [4.69, 9.17) is 0 Å². The summed E-state index contributed by atoms with van der Waals surface area (Å²) < 4.78 is 0. The molecule has 0 aromatic heterocycles. The summed E-state index contributed by atoms with van der Waals surface area (Å²) >= 11 is 0. The molecule has 0 N–H and O–H groups in total. The Morgan fingerprint density at radius 2 is 1.08 bits per heavy atom. The summed E-state index contributed by atoms with van der Waals surface area (Å²) in [5, 5.41) is 0. The molecule has 2 aliphatic carbocycles. The van der Waals surface area contributed by atoms with Gasteiger partial charge in [0.1, 0.15) is 0 Å². The number of hydrogen-bond acceptors (Lipinski definition) is 0. The minimum Gasteiger partial charge on any atom is -1.00 e. The molecule has 0 aliphatic heterocycles. The molecule has 2 aliphatic rings. The largest absolute Gasteiger partial charge is 1.00 e. The Morgan fingerprint density at radius 1 is 0.750 bits per heavy atom. The third kappa shape index (κ3) is 22.8. The van der Waals surface area contributed by atoms with E-state index in [0.29, 0.717) is 0 Å². The fourth-order valence-corrected chi connectivity index (χ4v) is 3.48. The molecular weight excluding hydrogens is 651 g/mol. The Morgan fingerprint density at radius 3 is 1.38 bits per heavy atom. The summed E-state index contributed by atoms with van der Waals surface area (Å²) in [5.74, 6) is 1.99. The first-order chi connectivity index (χ1) is 9.86. The molecule has 0 unspecified atom stereocenters. The Hall–Kier alpha value is 6.16. The van der Waals surface area contributed by atoms with Gasteiger partial charge in [-0.15, -0.1) is 0 Å². The van der Waals surface area contributed by atoms with Crippen LogP contribution in [0.15, 0.2) is 0 Å². The maximum absolute atomic E-state index is 3.97. The van der Waals surface area contributed by atoms with E-state index >= 15 is 0 Å². The van der Waals surface area contributed by atoms with Crippen LogP contribution in [0.1, 0.15) is 98.2 Å². The maximum atomic E-state index is 3.97. The number of rotatable bonds is 2. The fourth-order valence-electron chi connectivity index (χ4n) is 3.48. The third-order valence-electron chi connectivity index (χ3n) is 5.07. The van der Waals surface area contributed by atoms with Crippen molar-refractivity contribution in [3.05, 3.63) is 27.2 Å². The Balaban J connectivity index is -0.0000000889. The first-order valence-corrected chi connectivity index (χ1v) is 9.29. The van der Waals surface area contributed by atoms with Gasteiger partial charge >= 0.3 is 207 Å². The van der Waals surface area contributed by atoms with Crippen molar-refractivity contribution >= 4 is 0 Å². The molecule has 2 saturated carbocycles. The Kier molecular flexibility index (Phi) is 45.5. The molecule has 24 heavy (non-hydrogen) atoms. The predicted octanol–water partition coefficient (Wildman–Crippen LogP) is -1.47. The molecule has 0 nitrogen and oxygen atoms in total. The fraction of sp³-hybridized carbons (Fsp3) is 0.810. The first-order valence-electron chi connectivity index (χ1n) is 9.29. The van der Waals surface area contributed by atoms with E-state index in [1.807, 2.05) is 0 Å². The van der Waals surface area contributed by atoms with Gasteiger partial charge in [0.15, 0.2) is 0 Å². The van der Waals surface area contributed by atoms with Gasteiger partial charge in [0.2, 0.25) is 0 Å². The standard InChI is InChI=1S/C10H19.C10H18.CH3.3Cs.H/c2*1-2-10-8-6-4-3-5-7-9-10;;;;;/h3,10H,2,4-9H2,1H3;3,10H,1-2,4-9H2;1H3;;;;/q-1;-2;-1;3*+1;-1. The molecule has 0 amide bonds. The van der Waals surface area contributed by atoms with E-state index in [1.54, 1.807) is 0 Å². The van der Waals surface area contributed by atoms with Crippen LogP contribution < -0.4 is 207 Å². The van der Waals surface area contributed by atoms with Crippen molar-refractivity contribution in [3.8, 4) is 0 Å². The summed E-state index contributed by atoms with van der Waals surface area (Å²) in [6.07, 6.45) is 24.4. The van der Waals surface area contributed by atoms with Crippen molar-refractivity contribution < 1.29 is 208 Å². The smallest absolute Gasteiger partial charge is 1.00 e. The zero-order valence-electron chi connectivity index (χ0n) is 18.9. The van der Waals surface area contributed by atoms with E-state index in [1.165, 1.54) is 83.5 Å². The normalized spacial score (nSPS) is 19.8. The molecule has 0 bridgehead atoms. The van der Waals surface area contributed by atoms with Crippen LogP contribution >= 0.6 is 0 Å². The maximum Gasteiger partial charge on any atom is 1.00 e. The average Bonchev–Trinajstić information content (AvgIpc) is 2.39. The van der Waals surface area contributed by atoms with E-state index in [2.05, 4.69) is 26.7 Å². The van der Waals surface area contributed by atoms with Crippen LogP contribution in [0.2, 0.25) is 0 Å². The van der Waals surface area contributed by atoms with E-state index < -0.39 is 0 Å². The topological polar surface area (TPSA) is 0 Å². The number of hydrogen-bond donors (Lipinski definition) is 0. The summed E-state index contributed by atoms with van der Waals surface area (Å²) in [6.45, 7) is 6.30. The molecule has 2 rings (SSSR count). The molecule has 0 aromatic rings. The summed E-state index contributed by atoms with van der Waals surface area (Å²) in [5.41, 5.74) is 0. The first kappa shape index (κ1) is 37.5. The van der Waals surface area contributed by atoms with Crippen LogP contribution in [0, 0.1) is 39.0 Å². The van der Waals surface area contributed by atoms with Crippen molar-refractivity contribution in [2.24, 2.45) is 11.8 Å². The third-order valence-corrected chi connectivity index (χ3v) is 5.07. The predicted molar refractivity (Wildman–Crippen MR) is 98.8 cm³/mol. The SMILES string of the molecule is CCC1CCC[CH-]CCC1.[CH2-]CC1CCC[CH-]CCC1.[CH3-].[Cs+].[Cs+].[Cs+].[H-]. The summed E-state index contributed by atoms with van der Waals surface area (Å²) in [4.78, 5) is 0. The van der Waals surface area contributed by atoms with Gasteiger partial charge in [-0.2, -0.15) is 32.1 Å². The van der Waals surface area contributed by atoms with E-state index in [-0.39, 0.29) is 216 Å². The Labute approximate surface area is 333 Å². The molecule has 0 spiro atoms. The van der Waals surface area contributed by atoms with Crippen LogP contribution in [0.5, 0.6) is 0 Å². The second kappa shape index (κ2) is 29.2. The van der Waals surface area contributed by atoms with E-state index in [0.717, 1.165) is 18.3 Å². The molecule has 2 fully saturated rings. The van der Waals surface area contributed by atoms with Crippen LogP contribution in [-0.4, -0.2) is 0 Å². The van der Waals surface area contributed by atoms with Crippen molar-refractivity contribution in [2.75, 3.05) is 0 Å². The molecule has 0 radical (unpaired) electrons. The average molecular weight is 692 g/mol. The molecule has 0 aromatic carbocycles. The van der Waals surface area contributed by atoms with Gasteiger partial charge in [-0.05, 0) is 5.92 Å². The summed E-state index contributed by atoms with van der Waals surface area (Å²) in [6, 6.07) is 0. The van der Waals surface area contributed by atoms with Gasteiger partial charge in [-0.1, -0.05) is 70.6 Å². The zero-order valence-corrected chi connectivity index (χ0v) is 36.8. The van der Waals surface area contributed by atoms with E-state index in [9.17, 15) is 0 Å². The van der Waals surface area contributed by atoms with Crippen molar-refractivity contribution in [1.82, 2.24) is 0 Å². The van der Waals surface area contributed by atoms with Crippen LogP contribution in [-0.2, 0) is 0 Å². The molecule has 130 valence electrons. The van der Waals surface area contributed by atoms with Crippen LogP contribution in [0.4, 0.5) is 0 Å². The van der Waals surface area contributed by atoms with Gasteiger partial charge in [-0.25, -0.2) is 0 Å². The second-order valence-corrected chi connectivity index (χ2v) is 6.73. The summed E-state index contributed by atoms with van der Waals surface area (Å²) in [7, 11) is 0. The van der Waals surface area contributed by atoms with Crippen molar-refractivity contribution in [2.45, 2.75) is 96.8 Å². The molecular formula is C21H41Cs3-2. The van der Waals surface area contributed by atoms with Crippen LogP contribution in [0.3, 0.4) is 0 Å². The molecule has 0 atom stereocenters. The van der Waals surface area contributed by atoms with Gasteiger partial charge in [0.05, 0.1) is 0 Å². The molecule has 0 heterocycles. The zero-order chi connectivity index (χ0) is 14.5. The monoisotopic (exact) mass is 692 g/mol. The van der Waals surface area contributed by atoms with Gasteiger partial charge in [0, 0.05) is 0 Å². The quantitative estimate of drug-likeness (QED) is 0.311. The molecule has 0 saturated heterocycles. The van der Waals surface area contributed by atoms with Gasteiger partial charge in [0.25, 0.3) is 0 Å².